The van der Waals surface area contributed by atoms with Crippen LogP contribution in [0.15, 0.2) is 30.6 Å². The monoisotopic (exact) mass is 261 g/mol. The van der Waals surface area contributed by atoms with Gasteiger partial charge in [0.15, 0.2) is 0 Å². The van der Waals surface area contributed by atoms with Crippen LogP contribution in [-0.4, -0.2) is 24.1 Å². The van der Waals surface area contributed by atoms with Crippen molar-refractivity contribution in [1.82, 2.24) is 15.3 Å². The summed E-state index contributed by atoms with van der Waals surface area (Å²) in [5.74, 6) is 0.198. The van der Waals surface area contributed by atoms with Crippen molar-refractivity contribution in [3.8, 4) is 5.88 Å². The van der Waals surface area contributed by atoms with Gasteiger partial charge in [-0.15, -0.1) is 0 Å². The standard InChI is InChI=1S/C14H16FN3O/c1-9-4-5-10(8-11(9)15)12(16-2)13-14(19-3)18-7-6-17-13/h4-8,12,16H,1-3H3. The first-order chi connectivity index (χ1) is 9.17. The molecule has 0 saturated heterocycles. The zero-order valence-corrected chi connectivity index (χ0v) is 11.1. The molecule has 4 nitrogen and oxygen atoms in total. The van der Waals surface area contributed by atoms with Gasteiger partial charge < -0.3 is 10.1 Å². The molecular weight excluding hydrogens is 245 g/mol. The second-order valence-corrected chi connectivity index (χ2v) is 4.18. The second-order valence-electron chi connectivity index (χ2n) is 4.18. The minimum atomic E-state index is -0.265. The lowest BCUT2D eigenvalue weighted by Gasteiger charge is -2.18. The Kier molecular flexibility index (Phi) is 4.06. The summed E-state index contributed by atoms with van der Waals surface area (Å²) in [5.41, 5.74) is 2.03. The molecule has 0 spiro atoms. The lowest BCUT2D eigenvalue weighted by molar-refractivity contribution is 0.384. The molecule has 0 bridgehead atoms. The molecule has 19 heavy (non-hydrogen) atoms. The fraction of sp³-hybridized carbons (Fsp3) is 0.286. The molecule has 2 aromatic rings. The Balaban J connectivity index is 2.46. The largest absolute Gasteiger partial charge is 0.480 e. The number of methoxy groups -OCH3 is 1. The molecule has 1 unspecified atom stereocenters. The maximum atomic E-state index is 13.7. The van der Waals surface area contributed by atoms with E-state index in [1.807, 2.05) is 6.07 Å². The van der Waals surface area contributed by atoms with Crippen LogP contribution in [0, 0.1) is 12.7 Å². The van der Waals surface area contributed by atoms with Crippen molar-refractivity contribution in [2.45, 2.75) is 13.0 Å². The van der Waals surface area contributed by atoms with Crippen molar-refractivity contribution in [1.29, 1.82) is 0 Å². The van der Waals surface area contributed by atoms with E-state index < -0.39 is 0 Å². The summed E-state index contributed by atoms with van der Waals surface area (Å²) in [6, 6.07) is 4.86. The van der Waals surface area contributed by atoms with E-state index in [0.717, 1.165) is 5.56 Å². The number of aromatic nitrogens is 2. The van der Waals surface area contributed by atoms with Crippen molar-refractivity contribution in [3.05, 3.63) is 53.2 Å². The van der Waals surface area contributed by atoms with Crippen molar-refractivity contribution < 1.29 is 9.13 Å². The summed E-state index contributed by atoms with van der Waals surface area (Å²) in [6.07, 6.45) is 3.15. The van der Waals surface area contributed by atoms with Gasteiger partial charge in [0.2, 0.25) is 5.88 Å². The smallest absolute Gasteiger partial charge is 0.237 e. The molecule has 0 radical (unpaired) electrons. The molecule has 1 N–H and O–H groups in total. The van der Waals surface area contributed by atoms with Gasteiger partial charge in [-0.25, -0.2) is 9.37 Å². The molecule has 1 aromatic carbocycles. The average Bonchev–Trinajstić information content (AvgIpc) is 2.44. The van der Waals surface area contributed by atoms with Crippen LogP contribution in [-0.2, 0) is 0 Å². The van der Waals surface area contributed by atoms with Gasteiger partial charge in [0.1, 0.15) is 11.5 Å². The fourth-order valence-corrected chi connectivity index (χ4v) is 1.94. The van der Waals surface area contributed by atoms with Crippen molar-refractivity contribution in [2.75, 3.05) is 14.2 Å². The summed E-state index contributed by atoms with van der Waals surface area (Å²) < 4.78 is 18.9. The van der Waals surface area contributed by atoms with Crippen molar-refractivity contribution in [2.24, 2.45) is 0 Å². The van der Waals surface area contributed by atoms with E-state index in [0.29, 0.717) is 17.1 Å². The van der Waals surface area contributed by atoms with Crippen LogP contribution >= 0.6 is 0 Å². The number of nitrogens with zero attached hydrogens (tertiary/aromatic N) is 2. The van der Waals surface area contributed by atoms with E-state index in [1.165, 1.54) is 13.2 Å². The van der Waals surface area contributed by atoms with Gasteiger partial charge in [0.05, 0.1) is 13.2 Å². The number of ether oxygens (including phenoxy) is 1. The molecule has 0 aliphatic carbocycles. The van der Waals surface area contributed by atoms with E-state index in [-0.39, 0.29) is 11.9 Å². The molecule has 0 amide bonds. The topological polar surface area (TPSA) is 47.0 Å². The first-order valence-corrected chi connectivity index (χ1v) is 5.95. The van der Waals surface area contributed by atoms with E-state index in [9.17, 15) is 4.39 Å². The number of nitrogens with one attached hydrogen (secondary N) is 1. The lowest BCUT2D eigenvalue weighted by atomic mass is 10.0. The molecule has 100 valence electrons. The van der Waals surface area contributed by atoms with Crippen LogP contribution in [0.25, 0.3) is 0 Å². The Bertz CT molecular complexity index is 574. The average molecular weight is 261 g/mol. The van der Waals surface area contributed by atoms with Gasteiger partial charge in [0, 0.05) is 12.4 Å². The quantitative estimate of drug-likeness (QED) is 0.917. The molecule has 5 heteroatoms. The predicted molar refractivity (Wildman–Crippen MR) is 70.6 cm³/mol. The summed E-state index contributed by atoms with van der Waals surface area (Å²) in [5, 5.41) is 3.11. The molecule has 1 aromatic heterocycles. The zero-order valence-electron chi connectivity index (χ0n) is 11.1. The van der Waals surface area contributed by atoms with E-state index in [4.69, 9.17) is 4.74 Å². The molecule has 0 fully saturated rings. The van der Waals surface area contributed by atoms with Crippen LogP contribution in [0.1, 0.15) is 22.9 Å². The van der Waals surface area contributed by atoms with Crippen LogP contribution < -0.4 is 10.1 Å². The van der Waals surface area contributed by atoms with E-state index >= 15 is 0 Å². The second kappa shape index (κ2) is 5.75. The first-order valence-electron chi connectivity index (χ1n) is 5.95. The minimum Gasteiger partial charge on any atom is -0.480 e. The van der Waals surface area contributed by atoms with Crippen molar-refractivity contribution in [3.63, 3.8) is 0 Å². The number of hydrogen-bond acceptors (Lipinski definition) is 4. The Morgan fingerprint density at radius 1 is 1.26 bits per heavy atom. The van der Waals surface area contributed by atoms with E-state index in [2.05, 4.69) is 15.3 Å². The van der Waals surface area contributed by atoms with E-state index in [1.54, 1.807) is 32.4 Å². The van der Waals surface area contributed by atoms with Crippen LogP contribution in [0.5, 0.6) is 5.88 Å². The Morgan fingerprint density at radius 3 is 2.63 bits per heavy atom. The maximum Gasteiger partial charge on any atom is 0.237 e. The first kappa shape index (κ1) is 13.4. The zero-order chi connectivity index (χ0) is 13.8. The Labute approximate surface area is 111 Å². The summed E-state index contributed by atoms with van der Waals surface area (Å²) in [7, 11) is 3.33. The van der Waals surface area contributed by atoms with Crippen LogP contribution in [0.4, 0.5) is 4.39 Å². The highest BCUT2D eigenvalue weighted by Crippen LogP contribution is 2.26. The number of hydrogen-bond donors (Lipinski definition) is 1. The summed E-state index contributed by atoms with van der Waals surface area (Å²) in [6.45, 7) is 1.73. The third-order valence-corrected chi connectivity index (χ3v) is 2.98. The molecule has 1 atom stereocenters. The molecule has 1 heterocycles. The minimum absolute atomic E-state index is 0.236. The van der Waals surface area contributed by atoms with Gasteiger partial charge >= 0.3 is 0 Å². The number of benzene rings is 1. The number of aryl methyl sites for hydroxylation is 1. The SMILES string of the molecule is CNC(c1ccc(C)c(F)c1)c1nccnc1OC. The van der Waals surface area contributed by atoms with Gasteiger partial charge in [-0.2, -0.15) is 0 Å². The van der Waals surface area contributed by atoms with Gasteiger partial charge in [-0.1, -0.05) is 12.1 Å². The third kappa shape index (κ3) is 2.71. The fourth-order valence-electron chi connectivity index (χ4n) is 1.94. The Morgan fingerprint density at radius 2 is 2.00 bits per heavy atom. The Hall–Kier alpha value is -2.01. The number of rotatable bonds is 4. The molecule has 2 rings (SSSR count). The molecule has 0 aliphatic rings. The third-order valence-electron chi connectivity index (χ3n) is 2.98. The number of halogens is 1. The highest BCUT2D eigenvalue weighted by Gasteiger charge is 2.19. The summed E-state index contributed by atoms with van der Waals surface area (Å²) in [4.78, 5) is 8.39. The van der Waals surface area contributed by atoms with Gasteiger partial charge in [-0.3, -0.25) is 4.98 Å². The molecular formula is C14H16FN3O. The highest BCUT2D eigenvalue weighted by molar-refractivity contribution is 5.34. The highest BCUT2D eigenvalue weighted by atomic mass is 19.1. The van der Waals surface area contributed by atoms with Gasteiger partial charge in [0.25, 0.3) is 0 Å². The molecule has 0 saturated carbocycles. The predicted octanol–water partition coefficient (Wildman–Crippen LogP) is 2.24. The van der Waals surface area contributed by atoms with Crippen LogP contribution in [0.2, 0.25) is 0 Å². The van der Waals surface area contributed by atoms with Crippen LogP contribution in [0.3, 0.4) is 0 Å². The normalized spacial score (nSPS) is 12.2. The van der Waals surface area contributed by atoms with Crippen molar-refractivity contribution >= 4 is 0 Å². The maximum absolute atomic E-state index is 13.7. The summed E-state index contributed by atoms with van der Waals surface area (Å²) >= 11 is 0. The van der Waals surface area contributed by atoms with Gasteiger partial charge in [-0.05, 0) is 31.2 Å². The lowest BCUT2D eigenvalue weighted by Crippen LogP contribution is -2.20. The molecule has 0 aliphatic heterocycles.